The second-order valence-corrected chi connectivity index (χ2v) is 7.04. The van der Waals surface area contributed by atoms with Crippen molar-refractivity contribution >= 4 is 27.8 Å². The van der Waals surface area contributed by atoms with E-state index in [0.29, 0.717) is 11.1 Å². The molecule has 0 spiro atoms. The third-order valence-corrected chi connectivity index (χ3v) is 5.49. The summed E-state index contributed by atoms with van der Waals surface area (Å²) in [7, 11) is 0. The summed E-state index contributed by atoms with van der Waals surface area (Å²) >= 11 is 4.14. The predicted molar refractivity (Wildman–Crippen MR) is 59.1 cm³/mol. The average Bonchev–Trinajstić information content (AvgIpc) is 2.66. The highest BCUT2D eigenvalue weighted by Gasteiger charge is 2.37. The lowest BCUT2D eigenvalue weighted by atomic mass is 10.3. The first-order chi connectivity index (χ1) is 6.57. The van der Waals surface area contributed by atoms with Crippen LogP contribution in [0.3, 0.4) is 0 Å². The fourth-order valence-corrected chi connectivity index (χ4v) is 4.28. The van der Waals surface area contributed by atoms with E-state index in [9.17, 15) is 0 Å². The smallest absolute Gasteiger partial charge is 0.288 e. The summed E-state index contributed by atoms with van der Waals surface area (Å²) in [6.45, 7) is 4.69. The van der Waals surface area contributed by atoms with E-state index in [1.807, 2.05) is 13.8 Å². The van der Waals surface area contributed by atoms with E-state index in [0.717, 1.165) is 13.0 Å². The van der Waals surface area contributed by atoms with Gasteiger partial charge in [-0.25, -0.2) is 0 Å². The van der Waals surface area contributed by atoms with E-state index < -0.39 is 0 Å². The molecule has 0 aromatic rings. The van der Waals surface area contributed by atoms with Gasteiger partial charge in [0.2, 0.25) is 0 Å². The van der Waals surface area contributed by atoms with Crippen LogP contribution < -0.4 is 0 Å². The van der Waals surface area contributed by atoms with Crippen molar-refractivity contribution in [1.82, 2.24) is 0 Å². The molecule has 0 aromatic carbocycles. The van der Waals surface area contributed by atoms with Gasteiger partial charge in [0.25, 0.3) is 15.2 Å². The fraction of sp³-hybridized carbons (Fsp3) is 1.00. The van der Waals surface area contributed by atoms with Crippen molar-refractivity contribution in [2.45, 2.75) is 47.8 Å². The first-order valence-electron chi connectivity index (χ1n) is 5.22. The zero-order valence-corrected chi connectivity index (χ0v) is 11.0. The third-order valence-electron chi connectivity index (χ3n) is 2.64. The topological polar surface area (TPSA) is 31.0 Å². The molecule has 0 bridgehead atoms. The Kier molecular flexibility index (Phi) is 3.48. The Hall–Kier alpha value is 0.762. The second-order valence-electron chi connectivity index (χ2n) is 4.45. The highest BCUT2D eigenvalue weighted by Crippen LogP contribution is 2.28. The van der Waals surface area contributed by atoms with Crippen LogP contribution in [0.4, 0.5) is 0 Å². The van der Waals surface area contributed by atoms with Crippen molar-refractivity contribution < 1.29 is 14.2 Å². The minimum Gasteiger partial charge on any atom is -0.375 e. The molecule has 2 aliphatic rings. The molecule has 14 heavy (non-hydrogen) atoms. The first kappa shape index (κ1) is 11.3. The summed E-state index contributed by atoms with van der Waals surface area (Å²) in [6, 6.07) is 0. The summed E-state index contributed by atoms with van der Waals surface area (Å²) in [5.41, 5.74) is 0.249. The van der Waals surface area contributed by atoms with Gasteiger partial charge in [0.05, 0.1) is 12.7 Å². The van der Waals surface area contributed by atoms with Crippen LogP contribution in [0.5, 0.6) is 0 Å². The van der Waals surface area contributed by atoms with Gasteiger partial charge >= 0.3 is 0 Å². The van der Waals surface area contributed by atoms with Crippen LogP contribution in [0.1, 0.15) is 20.3 Å². The van der Waals surface area contributed by atoms with Crippen LogP contribution in [-0.4, -0.2) is 44.1 Å². The number of ether oxygens (including phenoxy) is 3. The molecule has 5 heteroatoms. The van der Waals surface area contributed by atoms with Crippen LogP contribution in [-0.2, 0) is 14.2 Å². The molecule has 2 fully saturated rings. The number of thiol groups is 1. The van der Waals surface area contributed by atoms with Gasteiger partial charge in [0.15, 0.2) is 5.79 Å². The third kappa shape index (κ3) is 3.13. The maximum Gasteiger partial charge on any atom is 0.288 e. The van der Waals surface area contributed by atoms with Gasteiger partial charge in [-0.2, -0.15) is 0 Å². The second kappa shape index (κ2) is 4.33. The van der Waals surface area contributed by atoms with Crippen molar-refractivity contribution in [3.05, 3.63) is 0 Å². The standard InChI is InChI=1S/C7H13O2.C2H3OS.Al.H/c1-4-6-5-8-7(2,3)9-6;4-2-1-3-2;;/h6H,1,4-5H2,2-3H3;1-2,4H;;. The van der Waals surface area contributed by atoms with E-state index in [4.69, 9.17) is 14.2 Å². The van der Waals surface area contributed by atoms with Crippen molar-refractivity contribution in [2.24, 2.45) is 0 Å². The molecular weight excluding hydrogens is 215 g/mol. The van der Waals surface area contributed by atoms with Crippen LogP contribution >= 0.6 is 12.6 Å². The lowest BCUT2D eigenvalue weighted by molar-refractivity contribution is -0.138. The normalized spacial score (nSPS) is 39.8. The van der Waals surface area contributed by atoms with E-state index in [2.05, 4.69) is 12.6 Å². The number of hydrogen-bond donors (Lipinski definition) is 1. The van der Waals surface area contributed by atoms with Gasteiger partial charge in [-0.1, -0.05) is 5.28 Å². The largest absolute Gasteiger partial charge is 0.375 e. The summed E-state index contributed by atoms with van der Waals surface area (Å²) in [5.74, 6) is -0.367. The molecule has 2 rings (SSSR count). The van der Waals surface area contributed by atoms with Crippen LogP contribution in [0.15, 0.2) is 0 Å². The quantitative estimate of drug-likeness (QED) is 0.445. The molecule has 2 aliphatic heterocycles. The van der Waals surface area contributed by atoms with Crippen molar-refractivity contribution in [2.75, 3.05) is 6.61 Å². The molecule has 0 saturated carbocycles. The zero-order valence-electron chi connectivity index (χ0n) is 8.73. The van der Waals surface area contributed by atoms with E-state index in [1.165, 1.54) is 5.28 Å². The Morgan fingerprint density at radius 1 is 1.50 bits per heavy atom. The molecule has 3 unspecified atom stereocenters. The molecule has 2 saturated heterocycles. The minimum atomic E-state index is -0.367. The maximum absolute atomic E-state index is 5.72. The first-order valence-corrected chi connectivity index (χ1v) is 7.55. The SMILES string of the molecule is CC1(C)OCC(C[CH2][AlH][CH]2OC2S)O1. The Morgan fingerprint density at radius 2 is 2.21 bits per heavy atom. The van der Waals surface area contributed by atoms with Crippen molar-refractivity contribution in [3.8, 4) is 0 Å². The molecule has 0 N–H and O–H groups in total. The van der Waals surface area contributed by atoms with Crippen LogP contribution in [0, 0.1) is 0 Å². The van der Waals surface area contributed by atoms with Gasteiger partial charge < -0.3 is 14.2 Å². The molecule has 3 atom stereocenters. The number of hydrogen-bond acceptors (Lipinski definition) is 4. The number of rotatable bonds is 4. The predicted octanol–water partition coefficient (Wildman–Crippen LogP) is 0.995. The molecule has 0 radical (unpaired) electrons. The lowest BCUT2D eigenvalue weighted by Gasteiger charge is -2.16. The Morgan fingerprint density at radius 3 is 2.71 bits per heavy atom. The highest BCUT2D eigenvalue weighted by molar-refractivity contribution is 7.81. The average molecular weight is 232 g/mol. The van der Waals surface area contributed by atoms with E-state index >= 15 is 0 Å². The van der Waals surface area contributed by atoms with Crippen molar-refractivity contribution in [1.29, 1.82) is 0 Å². The molecule has 0 aliphatic carbocycles. The van der Waals surface area contributed by atoms with Gasteiger partial charge in [-0.15, -0.1) is 12.6 Å². The van der Waals surface area contributed by atoms with Gasteiger partial charge in [-0.3, -0.25) is 0 Å². The van der Waals surface area contributed by atoms with Gasteiger partial charge in [0, 0.05) is 4.97 Å². The minimum absolute atomic E-state index is 0.0942. The Bertz CT molecular complexity index is 212. The van der Waals surface area contributed by atoms with Crippen LogP contribution in [0.2, 0.25) is 5.28 Å². The fourth-order valence-electron chi connectivity index (χ4n) is 1.80. The van der Waals surface area contributed by atoms with E-state index in [-0.39, 0.29) is 26.4 Å². The molecule has 2 heterocycles. The lowest BCUT2D eigenvalue weighted by Crippen LogP contribution is -2.21. The summed E-state index contributed by atoms with van der Waals surface area (Å²) in [5, 5.41) is 1.27. The number of epoxide rings is 1. The van der Waals surface area contributed by atoms with Crippen LogP contribution in [0.25, 0.3) is 0 Å². The Balaban J connectivity index is 1.58. The summed E-state index contributed by atoms with van der Waals surface area (Å²) < 4.78 is 16.5. The monoisotopic (exact) mass is 232 g/mol. The maximum atomic E-state index is 5.72. The van der Waals surface area contributed by atoms with E-state index in [1.54, 1.807) is 0 Å². The zero-order chi connectivity index (χ0) is 10.2. The molecular formula is C9H17AlO3S. The van der Waals surface area contributed by atoms with Gasteiger partial charge in [0.1, 0.15) is 5.44 Å². The highest BCUT2D eigenvalue weighted by atomic mass is 32.1. The van der Waals surface area contributed by atoms with Crippen molar-refractivity contribution in [3.63, 3.8) is 0 Å². The molecule has 3 nitrogen and oxygen atoms in total. The summed E-state index contributed by atoms with van der Waals surface area (Å²) in [4.78, 5) is 0.522. The molecule has 0 aromatic heterocycles. The molecule has 0 amide bonds. The Labute approximate surface area is 96.6 Å². The summed E-state index contributed by atoms with van der Waals surface area (Å²) in [6.07, 6.45) is 1.42. The van der Waals surface area contributed by atoms with Gasteiger partial charge in [-0.05, 0) is 20.3 Å². The molecule has 80 valence electrons.